The first kappa shape index (κ1) is 19.4. The molecule has 4 rings (SSSR count). The largest absolute Gasteiger partial charge is 0.417 e. The molecular formula is C19H22F4N2O3. The van der Waals surface area contributed by atoms with E-state index < -0.39 is 18.1 Å². The summed E-state index contributed by atoms with van der Waals surface area (Å²) in [6.07, 6.45) is 3.05. The minimum absolute atomic E-state index is 0.154. The van der Waals surface area contributed by atoms with Gasteiger partial charge in [-0.25, -0.2) is 13.8 Å². The smallest absolute Gasteiger partial charge is 0.388 e. The molecule has 28 heavy (non-hydrogen) atoms. The third-order valence-corrected chi connectivity index (χ3v) is 6.39. The molecule has 3 aliphatic rings. The summed E-state index contributed by atoms with van der Waals surface area (Å²) >= 11 is 0. The second-order valence-corrected chi connectivity index (χ2v) is 8.05. The van der Waals surface area contributed by atoms with Gasteiger partial charge in [-0.3, -0.25) is 4.79 Å². The highest BCUT2D eigenvalue weighted by molar-refractivity contribution is 5.82. The van der Waals surface area contributed by atoms with E-state index >= 15 is 0 Å². The number of aromatic nitrogens is 1. The van der Waals surface area contributed by atoms with Crippen LogP contribution in [0.4, 0.5) is 17.6 Å². The standard InChI is InChI=1S/C19H22F4N2O3/c20-16(21)28-14-9-12(1-7-24-14)18(6-8-27-18)11-25-15(26)13-10-17(13)2-4-19(22,23)5-3-17/h1,7,9,13,16H,2-6,8,10-11H2,(H,25,26). The van der Waals surface area contributed by atoms with Gasteiger partial charge in [0, 0.05) is 37.4 Å². The van der Waals surface area contributed by atoms with Crippen molar-refractivity contribution in [3.8, 4) is 5.88 Å². The number of pyridine rings is 1. The lowest BCUT2D eigenvalue weighted by atomic mass is 9.82. The predicted molar refractivity (Wildman–Crippen MR) is 90.1 cm³/mol. The Hall–Kier alpha value is -1.90. The van der Waals surface area contributed by atoms with E-state index in [1.54, 1.807) is 6.07 Å². The predicted octanol–water partition coefficient (Wildman–Crippen LogP) is 3.63. The summed E-state index contributed by atoms with van der Waals surface area (Å²) < 4.78 is 61.6. The SMILES string of the molecule is O=C(NCC1(c2ccnc(OC(F)F)c2)CCO1)C1CC12CCC(F)(F)CC2. The fourth-order valence-electron chi connectivity index (χ4n) is 4.40. The first-order chi connectivity index (χ1) is 13.2. The van der Waals surface area contributed by atoms with Crippen molar-refractivity contribution in [2.75, 3.05) is 13.2 Å². The first-order valence-electron chi connectivity index (χ1n) is 9.45. The molecule has 1 spiro atoms. The summed E-state index contributed by atoms with van der Waals surface area (Å²) in [5.74, 6) is -3.22. The number of ether oxygens (including phenoxy) is 2. The molecule has 2 atom stereocenters. The van der Waals surface area contributed by atoms with Crippen LogP contribution in [-0.2, 0) is 15.1 Å². The minimum Gasteiger partial charge on any atom is -0.417 e. The number of carbonyl (C=O) groups is 1. The molecule has 1 saturated heterocycles. The molecule has 0 bridgehead atoms. The Balaban J connectivity index is 1.37. The van der Waals surface area contributed by atoms with Crippen molar-refractivity contribution >= 4 is 5.91 Å². The number of halogens is 4. The zero-order chi connectivity index (χ0) is 20.0. The molecular weight excluding hydrogens is 380 g/mol. The first-order valence-corrected chi connectivity index (χ1v) is 9.45. The van der Waals surface area contributed by atoms with Gasteiger partial charge in [0.2, 0.25) is 17.7 Å². The van der Waals surface area contributed by atoms with Crippen molar-refractivity contribution in [1.82, 2.24) is 10.3 Å². The average Bonchev–Trinajstić information content (AvgIpc) is 3.31. The Bertz CT molecular complexity index is 744. The third-order valence-electron chi connectivity index (χ3n) is 6.39. The lowest BCUT2D eigenvalue weighted by Gasteiger charge is -2.42. The van der Waals surface area contributed by atoms with Crippen LogP contribution in [0.1, 0.15) is 44.1 Å². The summed E-state index contributed by atoms with van der Waals surface area (Å²) in [5, 5.41) is 2.88. The van der Waals surface area contributed by atoms with E-state index in [9.17, 15) is 22.4 Å². The Morgan fingerprint density at radius 3 is 2.61 bits per heavy atom. The molecule has 2 aliphatic carbocycles. The topological polar surface area (TPSA) is 60.5 Å². The van der Waals surface area contributed by atoms with Gasteiger partial charge in [-0.15, -0.1) is 0 Å². The third kappa shape index (κ3) is 3.68. The van der Waals surface area contributed by atoms with Gasteiger partial charge in [0.25, 0.3) is 0 Å². The number of rotatable bonds is 6. The molecule has 3 fully saturated rings. The van der Waals surface area contributed by atoms with Crippen molar-refractivity contribution in [3.63, 3.8) is 0 Å². The van der Waals surface area contributed by atoms with Gasteiger partial charge in [0.15, 0.2) is 0 Å². The van der Waals surface area contributed by atoms with Crippen LogP contribution in [0, 0.1) is 11.3 Å². The summed E-state index contributed by atoms with van der Waals surface area (Å²) in [5.41, 5.74) is -0.484. The Kier molecular flexibility index (Phi) is 4.76. The quantitative estimate of drug-likeness (QED) is 0.739. The molecule has 2 unspecified atom stereocenters. The molecule has 0 aromatic carbocycles. The van der Waals surface area contributed by atoms with Crippen molar-refractivity contribution in [3.05, 3.63) is 23.9 Å². The van der Waals surface area contributed by atoms with Gasteiger partial charge in [-0.05, 0) is 36.3 Å². The average molecular weight is 402 g/mol. The van der Waals surface area contributed by atoms with Crippen molar-refractivity contribution < 1.29 is 31.8 Å². The molecule has 1 aromatic heterocycles. The van der Waals surface area contributed by atoms with Gasteiger partial charge in [-0.1, -0.05) is 0 Å². The molecule has 1 N–H and O–H groups in total. The molecule has 0 radical (unpaired) electrons. The summed E-state index contributed by atoms with van der Waals surface area (Å²) in [4.78, 5) is 16.3. The monoisotopic (exact) mass is 402 g/mol. The number of nitrogens with one attached hydrogen (secondary N) is 1. The molecule has 154 valence electrons. The lowest BCUT2D eigenvalue weighted by Crippen LogP contribution is -2.50. The summed E-state index contributed by atoms with van der Waals surface area (Å²) in [6.45, 7) is -2.30. The van der Waals surface area contributed by atoms with Crippen LogP contribution in [0.5, 0.6) is 5.88 Å². The van der Waals surface area contributed by atoms with Crippen LogP contribution in [0.2, 0.25) is 0 Å². The minimum atomic E-state index is -2.98. The van der Waals surface area contributed by atoms with Gasteiger partial charge >= 0.3 is 6.61 Å². The molecule has 9 heteroatoms. The number of alkyl halides is 4. The van der Waals surface area contributed by atoms with Crippen LogP contribution >= 0.6 is 0 Å². The van der Waals surface area contributed by atoms with Crippen LogP contribution in [-0.4, -0.2) is 36.6 Å². The van der Waals surface area contributed by atoms with Crippen LogP contribution in [0.3, 0.4) is 0 Å². The number of nitrogens with zero attached hydrogens (tertiary/aromatic N) is 1. The molecule has 1 amide bonds. The zero-order valence-corrected chi connectivity index (χ0v) is 15.2. The van der Waals surface area contributed by atoms with Crippen LogP contribution in [0.15, 0.2) is 18.3 Å². The number of amides is 1. The lowest BCUT2D eigenvalue weighted by molar-refractivity contribution is -0.156. The van der Waals surface area contributed by atoms with Crippen molar-refractivity contribution in [2.24, 2.45) is 11.3 Å². The maximum atomic E-state index is 13.4. The fourth-order valence-corrected chi connectivity index (χ4v) is 4.40. The molecule has 2 saturated carbocycles. The van der Waals surface area contributed by atoms with Gasteiger partial charge in [0.1, 0.15) is 5.60 Å². The molecule has 1 aliphatic heterocycles. The van der Waals surface area contributed by atoms with E-state index in [4.69, 9.17) is 4.74 Å². The highest BCUT2D eigenvalue weighted by atomic mass is 19.3. The highest BCUT2D eigenvalue weighted by Crippen LogP contribution is 2.63. The van der Waals surface area contributed by atoms with Crippen LogP contribution in [0.25, 0.3) is 0 Å². The molecule has 1 aromatic rings. The van der Waals surface area contributed by atoms with E-state index in [1.165, 1.54) is 12.3 Å². The zero-order valence-electron chi connectivity index (χ0n) is 15.2. The maximum absolute atomic E-state index is 13.4. The number of hydrogen-bond donors (Lipinski definition) is 1. The second kappa shape index (κ2) is 6.86. The van der Waals surface area contributed by atoms with Gasteiger partial charge in [0.05, 0.1) is 13.2 Å². The maximum Gasteiger partial charge on any atom is 0.388 e. The van der Waals surface area contributed by atoms with Crippen LogP contribution < -0.4 is 10.1 Å². The summed E-state index contributed by atoms with van der Waals surface area (Å²) in [6, 6.07) is 3.03. The Morgan fingerprint density at radius 2 is 2.00 bits per heavy atom. The summed E-state index contributed by atoms with van der Waals surface area (Å²) in [7, 11) is 0. The highest BCUT2D eigenvalue weighted by Gasteiger charge is 2.61. The second-order valence-electron chi connectivity index (χ2n) is 8.05. The van der Waals surface area contributed by atoms with Crippen molar-refractivity contribution in [2.45, 2.75) is 56.7 Å². The van der Waals surface area contributed by atoms with Gasteiger partial charge < -0.3 is 14.8 Å². The van der Waals surface area contributed by atoms with E-state index in [0.717, 1.165) is 0 Å². The fraction of sp³-hybridized carbons (Fsp3) is 0.684. The van der Waals surface area contributed by atoms with E-state index in [0.29, 0.717) is 37.9 Å². The van der Waals surface area contributed by atoms with E-state index in [1.807, 2.05) is 0 Å². The van der Waals surface area contributed by atoms with Crippen molar-refractivity contribution in [1.29, 1.82) is 0 Å². The van der Waals surface area contributed by atoms with E-state index in [2.05, 4.69) is 15.0 Å². The number of carbonyl (C=O) groups excluding carboxylic acids is 1. The number of hydrogen-bond acceptors (Lipinski definition) is 4. The molecule has 5 nitrogen and oxygen atoms in total. The van der Waals surface area contributed by atoms with Gasteiger partial charge in [-0.2, -0.15) is 8.78 Å². The Labute approximate surface area is 159 Å². The van der Waals surface area contributed by atoms with E-state index in [-0.39, 0.29) is 42.5 Å². The molecule has 2 heterocycles. The normalized spacial score (nSPS) is 30.0. The Morgan fingerprint density at radius 1 is 1.29 bits per heavy atom.